The Morgan fingerprint density at radius 3 is 2.14 bits per heavy atom. The van der Waals surface area contributed by atoms with E-state index >= 15 is 0 Å². The second-order valence-corrected chi connectivity index (χ2v) is 7.50. The van der Waals surface area contributed by atoms with Crippen molar-refractivity contribution in [1.82, 2.24) is 0 Å². The summed E-state index contributed by atoms with van der Waals surface area (Å²) >= 11 is 0. The third kappa shape index (κ3) is 4.54. The lowest BCUT2D eigenvalue weighted by molar-refractivity contribution is -0.153. The first-order chi connectivity index (χ1) is 16.6. The molecule has 180 valence electrons. The number of hydrogen-bond donors (Lipinski definition) is 1. The van der Waals surface area contributed by atoms with Crippen LogP contribution in [-0.4, -0.2) is 44.5 Å². The van der Waals surface area contributed by atoms with Crippen molar-refractivity contribution < 1.29 is 41.8 Å². The number of amides is 1. The predicted octanol–water partition coefficient (Wildman–Crippen LogP) is 4.67. The van der Waals surface area contributed by atoms with Gasteiger partial charge in [-0.25, -0.2) is 0 Å². The maximum absolute atomic E-state index is 13.2. The van der Waals surface area contributed by atoms with E-state index in [1.807, 2.05) is 0 Å². The smallest absolute Gasteiger partial charge is 0.422 e. The highest BCUT2D eigenvalue weighted by Crippen LogP contribution is 2.37. The average Bonchev–Trinajstić information content (AvgIpc) is 2.84. The molecule has 10 heteroatoms. The van der Waals surface area contributed by atoms with Crippen LogP contribution in [0, 0.1) is 0 Å². The van der Waals surface area contributed by atoms with Crippen LogP contribution in [0.4, 0.5) is 18.9 Å². The van der Waals surface area contributed by atoms with Gasteiger partial charge in [0, 0.05) is 28.4 Å². The molecule has 0 atom stereocenters. The highest BCUT2D eigenvalue weighted by molar-refractivity contribution is 6.30. The third-order valence-corrected chi connectivity index (χ3v) is 5.31. The Morgan fingerprint density at radius 2 is 1.51 bits per heavy atom. The molecular weight excluding hydrogens is 467 g/mol. The highest BCUT2D eigenvalue weighted by atomic mass is 19.4. The molecule has 7 nitrogen and oxygen atoms in total. The molecule has 35 heavy (non-hydrogen) atoms. The monoisotopic (exact) mass is 485 g/mol. The first-order valence-corrected chi connectivity index (χ1v) is 10.2. The molecule has 1 aliphatic rings. The molecule has 0 aliphatic heterocycles. The van der Waals surface area contributed by atoms with Crippen molar-refractivity contribution in [3.8, 4) is 17.2 Å². The van der Waals surface area contributed by atoms with E-state index in [0.717, 1.165) is 6.07 Å². The highest BCUT2D eigenvalue weighted by Gasteiger charge is 2.36. The fourth-order valence-corrected chi connectivity index (χ4v) is 3.75. The lowest BCUT2D eigenvalue weighted by atomic mass is 9.82. The van der Waals surface area contributed by atoms with Crippen LogP contribution in [0.15, 0.2) is 54.6 Å². The van der Waals surface area contributed by atoms with Crippen LogP contribution in [0.2, 0.25) is 0 Å². The Labute approximate surface area is 197 Å². The summed E-state index contributed by atoms with van der Waals surface area (Å²) in [5, 5.41) is 2.54. The summed E-state index contributed by atoms with van der Waals surface area (Å²) in [4.78, 5) is 39.3. The molecule has 0 unspecified atom stereocenters. The number of anilines is 1. The number of rotatable bonds is 6. The van der Waals surface area contributed by atoms with Crippen molar-refractivity contribution in [2.24, 2.45) is 0 Å². The summed E-state index contributed by atoms with van der Waals surface area (Å²) < 4.78 is 54.4. The predicted molar refractivity (Wildman–Crippen MR) is 119 cm³/mol. The minimum atomic E-state index is -4.75. The number of alkyl halides is 3. The van der Waals surface area contributed by atoms with Gasteiger partial charge in [0.2, 0.25) is 0 Å². The number of carbonyl (C=O) groups is 3. The number of benzene rings is 3. The van der Waals surface area contributed by atoms with Gasteiger partial charge in [-0.3, -0.25) is 14.4 Å². The number of methoxy groups -OCH3 is 2. The summed E-state index contributed by atoms with van der Waals surface area (Å²) in [7, 11) is 2.83. The third-order valence-electron chi connectivity index (χ3n) is 5.31. The molecule has 0 radical (unpaired) electrons. The van der Waals surface area contributed by atoms with E-state index in [1.54, 1.807) is 6.07 Å². The number of ether oxygens (including phenoxy) is 3. The summed E-state index contributed by atoms with van der Waals surface area (Å²) in [6.45, 7) is -1.76. The van der Waals surface area contributed by atoms with E-state index in [9.17, 15) is 27.6 Å². The summed E-state index contributed by atoms with van der Waals surface area (Å²) in [5.41, 5.74) is -0.497. The zero-order valence-electron chi connectivity index (χ0n) is 18.5. The number of fused-ring (bicyclic) bond motifs is 2. The van der Waals surface area contributed by atoms with Crippen molar-refractivity contribution in [3.63, 3.8) is 0 Å². The normalized spacial score (nSPS) is 12.5. The average molecular weight is 485 g/mol. The van der Waals surface area contributed by atoms with E-state index in [4.69, 9.17) is 14.2 Å². The molecule has 0 saturated carbocycles. The summed E-state index contributed by atoms with van der Waals surface area (Å²) in [6, 6.07) is 12.8. The molecule has 1 N–H and O–H groups in total. The molecule has 0 bridgehead atoms. The topological polar surface area (TPSA) is 90.9 Å². The lowest BCUT2D eigenvalue weighted by Gasteiger charge is -2.22. The zero-order chi connectivity index (χ0) is 25.3. The van der Waals surface area contributed by atoms with E-state index in [0.29, 0.717) is 11.5 Å². The van der Waals surface area contributed by atoms with Gasteiger partial charge in [0.15, 0.2) is 29.7 Å². The summed E-state index contributed by atoms with van der Waals surface area (Å²) in [6.07, 6.45) is -4.75. The molecule has 1 aliphatic carbocycles. The number of carbonyl (C=O) groups excluding carboxylic acids is 3. The van der Waals surface area contributed by atoms with Gasteiger partial charge in [-0.2, -0.15) is 13.2 Å². The number of hydrogen-bond acceptors (Lipinski definition) is 6. The van der Waals surface area contributed by atoms with Crippen molar-refractivity contribution in [1.29, 1.82) is 0 Å². The minimum Gasteiger partial charge on any atom is -0.493 e. The number of ketones is 2. The number of nitrogens with one attached hydrogen (secondary N) is 1. The molecule has 3 aromatic rings. The first kappa shape index (κ1) is 23.8. The maximum atomic E-state index is 13.2. The summed E-state index contributed by atoms with van der Waals surface area (Å²) in [5.74, 6) is -2.04. The van der Waals surface area contributed by atoms with E-state index in [-0.39, 0.29) is 27.9 Å². The van der Waals surface area contributed by atoms with Crippen molar-refractivity contribution in [2.75, 3.05) is 26.1 Å². The molecule has 0 saturated heterocycles. The molecule has 3 aromatic carbocycles. The Morgan fingerprint density at radius 1 is 0.857 bits per heavy atom. The largest absolute Gasteiger partial charge is 0.493 e. The first-order valence-electron chi connectivity index (χ1n) is 10.2. The molecule has 0 heterocycles. The van der Waals surface area contributed by atoms with E-state index < -0.39 is 41.6 Å². The fraction of sp³-hybridized carbons (Fsp3) is 0.160. The zero-order valence-corrected chi connectivity index (χ0v) is 18.5. The van der Waals surface area contributed by atoms with Gasteiger partial charge in [-0.05, 0) is 24.3 Å². The fourth-order valence-electron chi connectivity index (χ4n) is 3.75. The van der Waals surface area contributed by atoms with Crippen LogP contribution in [0.25, 0.3) is 0 Å². The van der Waals surface area contributed by atoms with Crippen LogP contribution in [-0.2, 0) is 0 Å². The van der Waals surface area contributed by atoms with Crippen LogP contribution in [0.1, 0.15) is 42.2 Å². The molecule has 0 spiro atoms. The Bertz CT molecular complexity index is 1350. The standard InChI is InChI=1S/C25H18F3NO6/c1-33-18-10-7-13(11-19(18)34-2)29-24(32)17-9-8-16-20(23(17)35-12-25(26,27)28)22(31)15-6-4-3-5-14(15)21(16)30/h3-11H,12H2,1-2H3,(H,29,32). The van der Waals surface area contributed by atoms with Gasteiger partial charge in [0.1, 0.15) is 5.75 Å². The minimum absolute atomic E-state index is 0.0132. The Kier molecular flexibility index (Phi) is 6.21. The van der Waals surface area contributed by atoms with Crippen LogP contribution >= 0.6 is 0 Å². The van der Waals surface area contributed by atoms with E-state index in [2.05, 4.69) is 5.32 Å². The molecule has 4 rings (SSSR count). The molecule has 0 fully saturated rings. The van der Waals surface area contributed by atoms with Gasteiger partial charge in [0.05, 0.1) is 25.3 Å². The molecular formula is C25H18F3NO6. The van der Waals surface area contributed by atoms with Crippen molar-refractivity contribution >= 4 is 23.2 Å². The van der Waals surface area contributed by atoms with Gasteiger partial charge in [-0.1, -0.05) is 24.3 Å². The van der Waals surface area contributed by atoms with Crippen LogP contribution < -0.4 is 19.5 Å². The second-order valence-electron chi connectivity index (χ2n) is 7.50. The number of halogens is 3. The SMILES string of the molecule is COc1ccc(NC(=O)c2ccc3c(c2OCC(F)(F)F)C(=O)c2ccccc2C3=O)cc1OC. The van der Waals surface area contributed by atoms with Crippen molar-refractivity contribution in [2.45, 2.75) is 6.18 Å². The molecule has 1 amide bonds. The van der Waals surface area contributed by atoms with Gasteiger partial charge >= 0.3 is 6.18 Å². The van der Waals surface area contributed by atoms with Gasteiger partial charge in [-0.15, -0.1) is 0 Å². The van der Waals surface area contributed by atoms with Gasteiger partial charge < -0.3 is 19.5 Å². The van der Waals surface area contributed by atoms with Crippen molar-refractivity contribution in [3.05, 3.63) is 82.4 Å². The maximum Gasteiger partial charge on any atom is 0.422 e. The van der Waals surface area contributed by atoms with Gasteiger partial charge in [0.25, 0.3) is 5.91 Å². The van der Waals surface area contributed by atoms with Crippen LogP contribution in [0.3, 0.4) is 0 Å². The van der Waals surface area contributed by atoms with E-state index in [1.165, 1.54) is 56.7 Å². The Hall–Kier alpha value is -4.34. The molecule has 0 aromatic heterocycles. The lowest BCUT2D eigenvalue weighted by Crippen LogP contribution is -2.27. The second kappa shape index (κ2) is 9.13. The quantitative estimate of drug-likeness (QED) is 0.427. The van der Waals surface area contributed by atoms with Crippen LogP contribution in [0.5, 0.6) is 17.2 Å². The Balaban J connectivity index is 1.79.